The normalized spacial score (nSPS) is 14.7. The number of hydrogen-bond donors (Lipinski definition) is 1. The highest BCUT2D eigenvalue weighted by atomic mass is 16.4. The van der Waals surface area contributed by atoms with Gasteiger partial charge in [-0.1, -0.05) is 24.3 Å². The smallest absolute Gasteiger partial charge is 0.303 e. The fourth-order valence-corrected chi connectivity index (χ4v) is 3.90. The minimum absolute atomic E-state index is 0.137. The van der Waals surface area contributed by atoms with Crippen molar-refractivity contribution in [2.45, 2.75) is 26.3 Å². The average Bonchev–Trinajstić information content (AvgIpc) is 3.11. The van der Waals surface area contributed by atoms with E-state index in [2.05, 4.69) is 31.8 Å². The van der Waals surface area contributed by atoms with Gasteiger partial charge in [0.25, 0.3) is 0 Å². The quantitative estimate of drug-likeness (QED) is 0.628. The molecular weight excluding hydrogens is 392 g/mol. The zero-order valence-corrected chi connectivity index (χ0v) is 18.0. The standard InChI is InChI=1S/C23H28N6O2/c1-17-20(15-26-27(17)2)16-28-11-13-29(14-12-28)23-22(24-9-10-25-23)19-6-3-18(4-7-19)5-8-21(30)31/h3-4,6-7,9-10,15H,5,8,11-14,16H2,1-2H3,(H,30,31). The fraction of sp³-hybridized carbons (Fsp3) is 0.391. The van der Waals surface area contributed by atoms with Crippen LogP contribution in [-0.4, -0.2) is 61.9 Å². The maximum Gasteiger partial charge on any atom is 0.303 e. The average molecular weight is 421 g/mol. The molecule has 162 valence electrons. The number of aryl methyl sites for hydroxylation is 2. The van der Waals surface area contributed by atoms with Crippen LogP contribution in [0.5, 0.6) is 0 Å². The summed E-state index contributed by atoms with van der Waals surface area (Å²) in [6, 6.07) is 7.97. The summed E-state index contributed by atoms with van der Waals surface area (Å²) in [5.41, 5.74) is 5.36. The van der Waals surface area contributed by atoms with E-state index >= 15 is 0 Å². The summed E-state index contributed by atoms with van der Waals surface area (Å²) in [4.78, 5) is 24.8. The predicted octanol–water partition coefficient (Wildman–Crippen LogP) is 2.52. The van der Waals surface area contributed by atoms with Crippen LogP contribution in [0.25, 0.3) is 11.3 Å². The Hall–Kier alpha value is -3.26. The lowest BCUT2D eigenvalue weighted by atomic mass is 10.0. The number of carboxylic acid groups (broad SMARTS) is 1. The van der Waals surface area contributed by atoms with Gasteiger partial charge in [-0.3, -0.25) is 19.4 Å². The molecule has 0 amide bonds. The molecule has 0 saturated carbocycles. The largest absolute Gasteiger partial charge is 0.481 e. The van der Waals surface area contributed by atoms with Crippen molar-refractivity contribution in [3.63, 3.8) is 0 Å². The first-order valence-electron chi connectivity index (χ1n) is 10.6. The molecule has 3 aromatic rings. The highest BCUT2D eigenvalue weighted by molar-refractivity contribution is 5.72. The maximum absolute atomic E-state index is 10.8. The molecule has 1 saturated heterocycles. The van der Waals surface area contributed by atoms with E-state index in [0.29, 0.717) is 6.42 Å². The Balaban J connectivity index is 1.43. The summed E-state index contributed by atoms with van der Waals surface area (Å²) < 4.78 is 1.92. The van der Waals surface area contributed by atoms with E-state index in [1.807, 2.05) is 42.2 Å². The Labute approximate surface area is 182 Å². The van der Waals surface area contributed by atoms with E-state index in [4.69, 9.17) is 5.11 Å². The lowest BCUT2D eigenvalue weighted by Crippen LogP contribution is -2.46. The summed E-state index contributed by atoms with van der Waals surface area (Å²) in [7, 11) is 1.98. The van der Waals surface area contributed by atoms with Crippen molar-refractivity contribution in [2.75, 3.05) is 31.1 Å². The SMILES string of the molecule is Cc1c(CN2CCN(c3nccnc3-c3ccc(CCC(=O)O)cc3)CC2)cnn1C. The number of nitrogens with zero attached hydrogens (tertiary/aromatic N) is 6. The first-order valence-corrected chi connectivity index (χ1v) is 10.6. The molecular formula is C23H28N6O2. The highest BCUT2D eigenvalue weighted by Gasteiger charge is 2.22. The van der Waals surface area contributed by atoms with E-state index in [-0.39, 0.29) is 6.42 Å². The summed E-state index contributed by atoms with van der Waals surface area (Å²) in [6.45, 7) is 6.72. The van der Waals surface area contributed by atoms with Gasteiger partial charge in [-0.2, -0.15) is 5.10 Å². The van der Waals surface area contributed by atoms with Gasteiger partial charge in [0, 0.05) is 75.4 Å². The van der Waals surface area contributed by atoms with Crippen LogP contribution in [0.4, 0.5) is 5.82 Å². The van der Waals surface area contributed by atoms with Crippen molar-refractivity contribution < 1.29 is 9.90 Å². The van der Waals surface area contributed by atoms with Crippen LogP contribution >= 0.6 is 0 Å². The monoisotopic (exact) mass is 420 g/mol. The number of anilines is 1. The van der Waals surface area contributed by atoms with Gasteiger partial charge >= 0.3 is 5.97 Å². The number of hydrogen-bond acceptors (Lipinski definition) is 6. The van der Waals surface area contributed by atoms with Gasteiger partial charge in [0.15, 0.2) is 5.82 Å². The van der Waals surface area contributed by atoms with Crippen LogP contribution in [0.3, 0.4) is 0 Å². The molecule has 1 aromatic carbocycles. The van der Waals surface area contributed by atoms with Crippen LogP contribution in [0, 0.1) is 6.92 Å². The van der Waals surface area contributed by atoms with Gasteiger partial charge < -0.3 is 10.0 Å². The molecule has 2 aromatic heterocycles. The summed E-state index contributed by atoms with van der Waals surface area (Å²) >= 11 is 0. The van der Waals surface area contributed by atoms with Crippen LogP contribution in [0.15, 0.2) is 42.9 Å². The molecule has 31 heavy (non-hydrogen) atoms. The Bertz CT molecular complexity index is 1040. The second-order valence-electron chi connectivity index (χ2n) is 7.96. The molecule has 0 unspecified atom stereocenters. The van der Waals surface area contributed by atoms with E-state index in [1.54, 1.807) is 12.4 Å². The van der Waals surface area contributed by atoms with E-state index in [0.717, 1.165) is 55.4 Å². The summed E-state index contributed by atoms with van der Waals surface area (Å²) in [5.74, 6) is 0.121. The number of carbonyl (C=O) groups is 1. The number of aromatic nitrogens is 4. The minimum atomic E-state index is -0.780. The van der Waals surface area contributed by atoms with Crippen molar-refractivity contribution in [1.29, 1.82) is 0 Å². The lowest BCUT2D eigenvalue weighted by Gasteiger charge is -2.35. The van der Waals surface area contributed by atoms with Gasteiger partial charge in [-0.05, 0) is 18.9 Å². The lowest BCUT2D eigenvalue weighted by molar-refractivity contribution is -0.136. The highest BCUT2D eigenvalue weighted by Crippen LogP contribution is 2.28. The van der Waals surface area contributed by atoms with Crippen molar-refractivity contribution in [3.05, 3.63) is 59.7 Å². The van der Waals surface area contributed by atoms with E-state index in [9.17, 15) is 4.79 Å². The van der Waals surface area contributed by atoms with Crippen LogP contribution in [-0.2, 0) is 24.8 Å². The van der Waals surface area contributed by atoms with Crippen molar-refractivity contribution in [3.8, 4) is 11.3 Å². The second kappa shape index (κ2) is 9.26. The number of piperazine rings is 1. The molecule has 0 spiro atoms. The Morgan fingerprint density at radius 2 is 1.77 bits per heavy atom. The number of benzene rings is 1. The van der Waals surface area contributed by atoms with Crippen molar-refractivity contribution >= 4 is 11.8 Å². The summed E-state index contributed by atoms with van der Waals surface area (Å²) in [5, 5.41) is 13.2. The summed E-state index contributed by atoms with van der Waals surface area (Å²) in [6.07, 6.45) is 6.09. The molecule has 1 aliphatic rings. The Kier molecular flexibility index (Phi) is 6.27. The molecule has 3 heterocycles. The molecule has 8 heteroatoms. The zero-order chi connectivity index (χ0) is 21.8. The third-order valence-electron chi connectivity index (χ3n) is 5.94. The number of rotatable bonds is 7. The maximum atomic E-state index is 10.8. The topological polar surface area (TPSA) is 87.4 Å². The van der Waals surface area contributed by atoms with Crippen molar-refractivity contribution in [1.82, 2.24) is 24.6 Å². The molecule has 0 bridgehead atoms. The second-order valence-corrected chi connectivity index (χ2v) is 7.96. The molecule has 0 aliphatic carbocycles. The first kappa shape index (κ1) is 21.0. The molecule has 0 radical (unpaired) electrons. The van der Waals surface area contributed by atoms with Gasteiger partial charge in [-0.25, -0.2) is 4.98 Å². The van der Waals surface area contributed by atoms with Gasteiger partial charge in [-0.15, -0.1) is 0 Å². The van der Waals surface area contributed by atoms with Crippen LogP contribution in [0.1, 0.15) is 23.2 Å². The zero-order valence-electron chi connectivity index (χ0n) is 18.0. The predicted molar refractivity (Wildman–Crippen MR) is 119 cm³/mol. The van der Waals surface area contributed by atoms with Gasteiger partial charge in [0.1, 0.15) is 5.69 Å². The third-order valence-corrected chi connectivity index (χ3v) is 5.94. The molecule has 1 N–H and O–H groups in total. The number of aliphatic carboxylic acids is 1. The fourth-order valence-electron chi connectivity index (χ4n) is 3.90. The third kappa shape index (κ3) is 4.91. The molecule has 1 fully saturated rings. The Morgan fingerprint density at radius 3 is 2.42 bits per heavy atom. The molecule has 8 nitrogen and oxygen atoms in total. The van der Waals surface area contributed by atoms with Crippen LogP contribution < -0.4 is 4.90 Å². The van der Waals surface area contributed by atoms with Crippen molar-refractivity contribution in [2.24, 2.45) is 7.05 Å². The van der Waals surface area contributed by atoms with E-state index in [1.165, 1.54) is 11.3 Å². The first-order chi connectivity index (χ1) is 15.0. The molecule has 0 atom stereocenters. The Morgan fingerprint density at radius 1 is 1.06 bits per heavy atom. The van der Waals surface area contributed by atoms with E-state index < -0.39 is 5.97 Å². The molecule has 1 aliphatic heterocycles. The minimum Gasteiger partial charge on any atom is -0.481 e. The van der Waals surface area contributed by atoms with Gasteiger partial charge in [0.05, 0.1) is 6.20 Å². The molecule has 4 rings (SSSR count). The number of carboxylic acids is 1. The van der Waals surface area contributed by atoms with Gasteiger partial charge in [0.2, 0.25) is 0 Å². The van der Waals surface area contributed by atoms with Crippen LogP contribution in [0.2, 0.25) is 0 Å².